The highest BCUT2D eigenvalue weighted by atomic mass is 32.2. The van der Waals surface area contributed by atoms with Crippen molar-refractivity contribution >= 4 is 26.8 Å². The van der Waals surface area contributed by atoms with Crippen molar-refractivity contribution in [1.82, 2.24) is 10.0 Å². The molecule has 0 aromatic heterocycles. The lowest BCUT2D eigenvalue weighted by Crippen LogP contribution is -2.46. The molecule has 0 spiro atoms. The van der Waals surface area contributed by atoms with Crippen molar-refractivity contribution in [3.05, 3.63) is 107 Å². The van der Waals surface area contributed by atoms with Gasteiger partial charge in [0.25, 0.3) is 0 Å². The minimum atomic E-state index is -3.87. The number of fused-ring (bicyclic) bond motifs is 1. The highest BCUT2D eigenvalue weighted by Gasteiger charge is 2.20. The molecule has 4 rings (SSSR count). The maximum atomic E-state index is 12.7. The molecule has 0 unspecified atom stereocenters. The van der Waals surface area contributed by atoms with Gasteiger partial charge in [-0.05, 0) is 85.5 Å². The van der Waals surface area contributed by atoms with Crippen LogP contribution in [0.5, 0.6) is 5.75 Å². The Morgan fingerprint density at radius 2 is 1.68 bits per heavy atom. The number of aliphatic hydroxyl groups excluding tert-OH is 1. The molecule has 0 radical (unpaired) electrons. The summed E-state index contributed by atoms with van der Waals surface area (Å²) in [6.07, 6.45) is -0.0483. The molecule has 0 saturated carbocycles. The topological polar surface area (TPSA) is 138 Å². The molecule has 0 aliphatic rings. The number of ether oxygens (including phenoxy) is 2. The third-order valence-electron chi connectivity index (χ3n) is 7.01. The molecular formula is C34H37N3O6S. The van der Waals surface area contributed by atoms with Gasteiger partial charge in [0.1, 0.15) is 24.5 Å². The van der Waals surface area contributed by atoms with Gasteiger partial charge in [-0.3, -0.25) is 0 Å². The zero-order valence-corrected chi connectivity index (χ0v) is 25.9. The van der Waals surface area contributed by atoms with Crippen LogP contribution in [0.4, 0.5) is 0 Å². The van der Waals surface area contributed by atoms with Crippen molar-refractivity contribution in [2.45, 2.75) is 50.3 Å². The van der Waals surface area contributed by atoms with E-state index in [2.05, 4.69) is 60.3 Å². The van der Waals surface area contributed by atoms with Crippen LogP contribution in [0.3, 0.4) is 0 Å². The number of benzene rings is 4. The van der Waals surface area contributed by atoms with Crippen LogP contribution in [-0.2, 0) is 27.7 Å². The van der Waals surface area contributed by atoms with Gasteiger partial charge >= 0.3 is 5.97 Å². The fraction of sp³-hybridized carbons (Fsp3) is 0.294. The van der Waals surface area contributed by atoms with Gasteiger partial charge < -0.3 is 19.9 Å². The first-order chi connectivity index (χ1) is 21.0. The molecule has 4 aromatic carbocycles. The molecule has 0 heterocycles. The Kier molecular flexibility index (Phi) is 10.7. The van der Waals surface area contributed by atoms with Crippen molar-refractivity contribution in [3.8, 4) is 11.8 Å². The van der Waals surface area contributed by atoms with Gasteiger partial charge in [0.05, 0.1) is 22.6 Å². The van der Waals surface area contributed by atoms with Gasteiger partial charge in [-0.2, -0.15) is 5.26 Å². The van der Waals surface area contributed by atoms with E-state index in [0.29, 0.717) is 17.9 Å². The largest absolute Gasteiger partial charge is 0.489 e. The smallest absolute Gasteiger partial charge is 0.338 e. The molecular weight excluding hydrogens is 578 g/mol. The van der Waals surface area contributed by atoms with Crippen LogP contribution in [-0.4, -0.2) is 50.9 Å². The number of nitrogens with one attached hydrogen (secondary N) is 2. The highest BCUT2D eigenvalue weighted by molar-refractivity contribution is 7.89. The first-order valence-electron chi connectivity index (χ1n) is 14.3. The first-order valence-corrected chi connectivity index (χ1v) is 15.8. The van der Waals surface area contributed by atoms with E-state index in [1.165, 1.54) is 40.6 Å². The second kappa shape index (κ2) is 14.5. The highest BCUT2D eigenvalue weighted by Crippen LogP contribution is 2.22. The number of carbonyl (C=O) groups is 1. The van der Waals surface area contributed by atoms with Crippen LogP contribution in [0.2, 0.25) is 0 Å². The van der Waals surface area contributed by atoms with E-state index in [0.717, 1.165) is 6.42 Å². The monoisotopic (exact) mass is 615 g/mol. The third-order valence-corrected chi connectivity index (χ3v) is 8.43. The number of aliphatic hydroxyl groups is 1. The summed E-state index contributed by atoms with van der Waals surface area (Å²) < 4.78 is 38.7. The number of sulfonamides is 1. The molecule has 0 amide bonds. The zero-order valence-electron chi connectivity index (χ0n) is 25.0. The molecule has 10 heteroatoms. The van der Waals surface area contributed by atoms with Crippen LogP contribution < -0.4 is 14.8 Å². The normalized spacial score (nSPS) is 12.4. The van der Waals surface area contributed by atoms with Gasteiger partial charge in [-0.15, -0.1) is 0 Å². The SMILES string of the molecule is CCOC(=O)c1ccc(S(=O)(=O)NCc2ccc(OC[C@H](O)CNC(C)(C)Cc3ccc4ccccc4c3)c(C#N)c2)cc1. The van der Waals surface area contributed by atoms with E-state index in [1.807, 2.05) is 12.1 Å². The molecule has 230 valence electrons. The number of β-amino-alcohol motifs (C(OH)–C–C–N with tert-alkyl or cyclic N) is 1. The number of rotatable bonds is 14. The molecule has 0 saturated heterocycles. The number of hydrogen-bond acceptors (Lipinski definition) is 8. The molecule has 0 fully saturated rings. The van der Waals surface area contributed by atoms with Crippen LogP contribution in [0.25, 0.3) is 10.8 Å². The van der Waals surface area contributed by atoms with E-state index < -0.39 is 22.1 Å². The lowest BCUT2D eigenvalue weighted by molar-refractivity contribution is 0.0526. The number of nitriles is 1. The minimum Gasteiger partial charge on any atom is -0.489 e. The fourth-order valence-corrected chi connectivity index (χ4v) is 5.72. The van der Waals surface area contributed by atoms with Gasteiger partial charge in [0.15, 0.2) is 0 Å². The minimum absolute atomic E-state index is 0.00551. The van der Waals surface area contributed by atoms with Crippen LogP contribution in [0.15, 0.2) is 89.8 Å². The summed E-state index contributed by atoms with van der Waals surface area (Å²) in [6.45, 7) is 6.28. The maximum Gasteiger partial charge on any atom is 0.338 e. The Labute approximate surface area is 258 Å². The Bertz CT molecular complexity index is 1750. The average Bonchev–Trinajstić information content (AvgIpc) is 3.02. The molecule has 0 aliphatic carbocycles. The third kappa shape index (κ3) is 8.88. The summed E-state index contributed by atoms with van der Waals surface area (Å²) in [7, 11) is -3.87. The van der Waals surface area contributed by atoms with Crippen molar-refractivity contribution < 1.29 is 27.8 Å². The van der Waals surface area contributed by atoms with E-state index in [9.17, 15) is 23.6 Å². The molecule has 9 nitrogen and oxygen atoms in total. The van der Waals surface area contributed by atoms with Gasteiger partial charge in [0, 0.05) is 18.6 Å². The molecule has 3 N–H and O–H groups in total. The second-order valence-electron chi connectivity index (χ2n) is 11.1. The van der Waals surface area contributed by atoms with Crippen LogP contribution >= 0.6 is 0 Å². The van der Waals surface area contributed by atoms with E-state index >= 15 is 0 Å². The predicted molar refractivity (Wildman–Crippen MR) is 169 cm³/mol. The standard InChI is InChI=1S/C34H37N3O6S/c1-4-42-33(39)27-12-14-31(15-13-27)44(40,41)37-21-25-10-16-32(29(18-25)20-35)43-23-30(38)22-36-34(2,3)19-24-9-11-26-7-5-6-8-28(26)17-24/h5-18,30,36-38H,4,19,21-23H2,1-3H3/t30-/m1/s1. The van der Waals surface area contributed by atoms with E-state index in [4.69, 9.17) is 9.47 Å². The number of esters is 1. The molecule has 4 aromatic rings. The summed E-state index contributed by atoms with van der Waals surface area (Å²) in [5, 5.41) is 26.0. The summed E-state index contributed by atoms with van der Waals surface area (Å²) in [5.74, 6) is -0.233. The lowest BCUT2D eigenvalue weighted by atomic mass is 9.93. The Morgan fingerprint density at radius 1 is 0.977 bits per heavy atom. The van der Waals surface area contributed by atoms with Gasteiger partial charge in [0.2, 0.25) is 10.0 Å². The van der Waals surface area contributed by atoms with E-state index in [-0.39, 0.29) is 41.3 Å². The number of nitrogens with zero attached hydrogens (tertiary/aromatic N) is 1. The Morgan fingerprint density at radius 3 is 2.39 bits per heavy atom. The van der Waals surface area contributed by atoms with Crippen LogP contribution in [0, 0.1) is 11.3 Å². The average molecular weight is 616 g/mol. The van der Waals surface area contributed by atoms with E-state index in [1.54, 1.807) is 25.1 Å². The van der Waals surface area contributed by atoms with Crippen LogP contribution in [0.1, 0.15) is 47.8 Å². The fourth-order valence-electron chi connectivity index (χ4n) is 4.71. The Balaban J connectivity index is 1.28. The molecule has 0 bridgehead atoms. The summed E-state index contributed by atoms with van der Waals surface area (Å²) in [6, 6.07) is 26.9. The maximum absolute atomic E-state index is 12.7. The lowest BCUT2D eigenvalue weighted by Gasteiger charge is -2.28. The van der Waals surface area contributed by atoms with Crippen molar-refractivity contribution in [3.63, 3.8) is 0 Å². The first kappa shape index (κ1) is 32.6. The molecule has 1 atom stereocenters. The molecule has 0 aliphatic heterocycles. The van der Waals surface area contributed by atoms with Crippen molar-refractivity contribution in [2.75, 3.05) is 19.8 Å². The Hall–Kier alpha value is -4.27. The number of carbonyl (C=O) groups excluding carboxylic acids is 1. The summed E-state index contributed by atoms with van der Waals surface area (Å²) in [4.78, 5) is 11.8. The second-order valence-corrected chi connectivity index (χ2v) is 12.9. The molecule has 44 heavy (non-hydrogen) atoms. The van der Waals surface area contributed by atoms with Crippen molar-refractivity contribution in [1.29, 1.82) is 5.26 Å². The predicted octanol–water partition coefficient (Wildman–Crippen LogP) is 4.72. The van der Waals surface area contributed by atoms with Gasteiger partial charge in [-0.25, -0.2) is 17.9 Å². The van der Waals surface area contributed by atoms with Gasteiger partial charge in [-0.1, -0.05) is 48.5 Å². The zero-order chi connectivity index (χ0) is 31.7. The summed E-state index contributed by atoms with van der Waals surface area (Å²) in [5.41, 5.74) is 1.94. The quantitative estimate of drug-likeness (QED) is 0.173. The summed E-state index contributed by atoms with van der Waals surface area (Å²) >= 11 is 0. The van der Waals surface area contributed by atoms with Crippen molar-refractivity contribution in [2.24, 2.45) is 0 Å². The number of hydrogen-bond donors (Lipinski definition) is 3.